The van der Waals surface area contributed by atoms with E-state index < -0.39 is 0 Å². The Kier molecular flexibility index (Phi) is 4.18. The number of anilines is 1. The molecular weight excluding hydrogens is 340 g/mol. The molecule has 3 rings (SSSR count). The van der Waals surface area contributed by atoms with Crippen LogP contribution in [0.4, 0.5) is 5.13 Å². The van der Waals surface area contributed by atoms with Crippen molar-refractivity contribution in [1.29, 1.82) is 0 Å². The van der Waals surface area contributed by atoms with Crippen LogP contribution in [0.15, 0.2) is 28.3 Å². The molecule has 0 saturated carbocycles. The van der Waals surface area contributed by atoms with Crippen LogP contribution in [0.5, 0.6) is 0 Å². The summed E-state index contributed by atoms with van der Waals surface area (Å²) < 4.78 is 2.99. The maximum absolute atomic E-state index is 12.4. The lowest BCUT2D eigenvalue weighted by molar-refractivity contribution is 0.101. The Bertz CT molecular complexity index is 603. The van der Waals surface area contributed by atoms with Gasteiger partial charge in [0.15, 0.2) is 5.13 Å². The van der Waals surface area contributed by atoms with Crippen molar-refractivity contribution in [3.63, 3.8) is 0 Å². The van der Waals surface area contributed by atoms with Crippen molar-refractivity contribution in [2.45, 2.75) is 18.9 Å². The van der Waals surface area contributed by atoms with Gasteiger partial charge >= 0.3 is 0 Å². The molecule has 5 nitrogen and oxygen atoms in total. The van der Waals surface area contributed by atoms with Crippen molar-refractivity contribution in [3.8, 4) is 0 Å². The second-order valence-electron chi connectivity index (χ2n) is 4.71. The van der Waals surface area contributed by atoms with E-state index in [1.54, 1.807) is 6.20 Å². The van der Waals surface area contributed by atoms with Crippen LogP contribution < -0.4 is 10.6 Å². The second kappa shape index (κ2) is 6.07. The average Bonchev–Trinajstić information content (AvgIpc) is 3.09. The SMILES string of the molecule is O=C(Nc1ncc(Br)s1)c1cccn1C1CCNCC1. The molecule has 1 amide bonds. The van der Waals surface area contributed by atoms with Crippen LogP contribution in [0.3, 0.4) is 0 Å². The molecule has 0 radical (unpaired) electrons. The Morgan fingerprint density at radius 3 is 3.00 bits per heavy atom. The summed E-state index contributed by atoms with van der Waals surface area (Å²) >= 11 is 4.75. The molecule has 3 heterocycles. The van der Waals surface area contributed by atoms with Gasteiger partial charge in [0.05, 0.1) is 9.98 Å². The predicted octanol–water partition coefficient (Wildman–Crippen LogP) is 2.88. The molecule has 0 bridgehead atoms. The van der Waals surface area contributed by atoms with Gasteiger partial charge < -0.3 is 9.88 Å². The monoisotopic (exact) mass is 354 g/mol. The zero-order chi connectivity index (χ0) is 13.9. The van der Waals surface area contributed by atoms with E-state index >= 15 is 0 Å². The Balaban J connectivity index is 1.76. The van der Waals surface area contributed by atoms with E-state index in [-0.39, 0.29) is 5.91 Å². The number of hydrogen-bond donors (Lipinski definition) is 2. The third-order valence-corrected chi connectivity index (χ3v) is 4.80. The Labute approximate surface area is 129 Å². The number of piperidine rings is 1. The topological polar surface area (TPSA) is 59.0 Å². The van der Waals surface area contributed by atoms with Gasteiger partial charge in [0.1, 0.15) is 5.69 Å². The van der Waals surface area contributed by atoms with Gasteiger partial charge in [-0.2, -0.15) is 0 Å². The van der Waals surface area contributed by atoms with Crippen molar-refractivity contribution in [1.82, 2.24) is 14.9 Å². The molecule has 0 aliphatic carbocycles. The molecule has 0 unspecified atom stereocenters. The normalized spacial score (nSPS) is 16.2. The molecule has 1 aliphatic heterocycles. The molecular formula is C13H15BrN4OS. The Hall–Kier alpha value is -1.18. The first-order chi connectivity index (χ1) is 9.74. The molecule has 0 spiro atoms. The zero-order valence-corrected chi connectivity index (χ0v) is 13.2. The van der Waals surface area contributed by atoms with Crippen LogP contribution in [0, 0.1) is 0 Å². The average molecular weight is 355 g/mol. The minimum atomic E-state index is -0.101. The Morgan fingerprint density at radius 2 is 2.30 bits per heavy atom. The fourth-order valence-corrected chi connectivity index (χ4v) is 3.56. The standard InChI is InChI=1S/C13H15BrN4OS/c14-11-8-16-13(20-11)17-12(19)10-2-1-7-18(10)9-3-5-15-6-4-9/h1-2,7-9,15H,3-6H2,(H,16,17,19). The molecule has 2 N–H and O–H groups in total. The Morgan fingerprint density at radius 1 is 1.50 bits per heavy atom. The largest absolute Gasteiger partial charge is 0.340 e. The summed E-state index contributed by atoms with van der Waals surface area (Å²) in [5, 5.41) is 6.80. The fourth-order valence-electron chi connectivity index (χ4n) is 2.46. The number of nitrogens with zero attached hydrogens (tertiary/aromatic N) is 2. The molecule has 1 aliphatic rings. The number of hydrogen-bond acceptors (Lipinski definition) is 4. The summed E-state index contributed by atoms with van der Waals surface area (Å²) in [5.41, 5.74) is 0.697. The summed E-state index contributed by atoms with van der Waals surface area (Å²) in [6.07, 6.45) is 5.78. The molecule has 0 atom stereocenters. The maximum Gasteiger partial charge on any atom is 0.274 e. The molecule has 20 heavy (non-hydrogen) atoms. The molecule has 2 aromatic rings. The second-order valence-corrected chi connectivity index (χ2v) is 7.12. The number of nitrogens with one attached hydrogen (secondary N) is 2. The van der Waals surface area contributed by atoms with E-state index in [4.69, 9.17) is 0 Å². The van der Waals surface area contributed by atoms with Crippen LogP contribution in [-0.4, -0.2) is 28.5 Å². The molecule has 106 valence electrons. The summed E-state index contributed by atoms with van der Waals surface area (Å²) in [4.78, 5) is 16.5. The molecule has 7 heteroatoms. The van der Waals surface area contributed by atoms with Crippen LogP contribution in [0.1, 0.15) is 29.4 Å². The van der Waals surface area contributed by atoms with E-state index in [1.807, 2.05) is 18.3 Å². The quantitative estimate of drug-likeness (QED) is 0.890. The summed E-state index contributed by atoms with van der Waals surface area (Å²) in [5.74, 6) is -0.101. The minimum absolute atomic E-state index is 0.101. The molecule has 2 aromatic heterocycles. The number of aromatic nitrogens is 2. The maximum atomic E-state index is 12.4. The van der Waals surface area contributed by atoms with Gasteiger partial charge in [-0.25, -0.2) is 4.98 Å². The lowest BCUT2D eigenvalue weighted by Crippen LogP contribution is -2.31. The van der Waals surface area contributed by atoms with Crippen molar-refractivity contribution in [2.75, 3.05) is 18.4 Å². The zero-order valence-electron chi connectivity index (χ0n) is 10.8. The van der Waals surface area contributed by atoms with Crippen molar-refractivity contribution >= 4 is 38.3 Å². The molecule has 0 aromatic carbocycles. The number of amides is 1. The smallest absolute Gasteiger partial charge is 0.274 e. The number of halogens is 1. The van der Waals surface area contributed by atoms with Gasteiger partial charge in [-0.05, 0) is 54.0 Å². The lowest BCUT2D eigenvalue weighted by Gasteiger charge is -2.25. The summed E-state index contributed by atoms with van der Waals surface area (Å²) in [6, 6.07) is 4.18. The number of thiazole rings is 1. The lowest BCUT2D eigenvalue weighted by atomic mass is 10.1. The van der Waals surface area contributed by atoms with E-state index in [2.05, 4.69) is 36.1 Å². The van der Waals surface area contributed by atoms with Gasteiger partial charge in [-0.1, -0.05) is 11.3 Å². The van der Waals surface area contributed by atoms with E-state index in [1.165, 1.54) is 11.3 Å². The van der Waals surface area contributed by atoms with Crippen LogP contribution in [0.2, 0.25) is 0 Å². The number of rotatable bonds is 3. The first kappa shape index (κ1) is 13.8. The van der Waals surface area contributed by atoms with Crippen LogP contribution in [0.25, 0.3) is 0 Å². The predicted molar refractivity (Wildman–Crippen MR) is 83.3 cm³/mol. The third-order valence-electron chi connectivity index (χ3n) is 3.41. The van der Waals surface area contributed by atoms with Crippen molar-refractivity contribution in [2.24, 2.45) is 0 Å². The van der Waals surface area contributed by atoms with E-state index in [9.17, 15) is 4.79 Å². The third kappa shape index (κ3) is 2.94. The van der Waals surface area contributed by atoms with Crippen LogP contribution >= 0.6 is 27.3 Å². The summed E-state index contributed by atoms with van der Waals surface area (Å²) in [7, 11) is 0. The highest BCUT2D eigenvalue weighted by Gasteiger charge is 2.20. The van der Waals surface area contributed by atoms with Crippen molar-refractivity contribution < 1.29 is 4.79 Å². The summed E-state index contributed by atoms with van der Waals surface area (Å²) in [6.45, 7) is 2.01. The van der Waals surface area contributed by atoms with Gasteiger partial charge in [0.25, 0.3) is 5.91 Å². The van der Waals surface area contributed by atoms with Gasteiger partial charge in [0.2, 0.25) is 0 Å². The fraction of sp³-hybridized carbons (Fsp3) is 0.385. The van der Waals surface area contributed by atoms with Gasteiger partial charge in [0, 0.05) is 12.2 Å². The highest BCUT2D eigenvalue weighted by atomic mass is 79.9. The highest BCUT2D eigenvalue weighted by molar-refractivity contribution is 9.11. The minimum Gasteiger partial charge on any atom is -0.340 e. The van der Waals surface area contributed by atoms with Gasteiger partial charge in [-0.15, -0.1) is 0 Å². The number of carbonyl (C=O) groups is 1. The first-order valence-electron chi connectivity index (χ1n) is 6.54. The first-order valence-corrected chi connectivity index (χ1v) is 8.15. The van der Waals surface area contributed by atoms with Gasteiger partial charge in [-0.3, -0.25) is 10.1 Å². The van der Waals surface area contributed by atoms with E-state index in [0.29, 0.717) is 16.9 Å². The van der Waals surface area contributed by atoms with E-state index in [0.717, 1.165) is 29.7 Å². The van der Waals surface area contributed by atoms with Crippen molar-refractivity contribution in [3.05, 3.63) is 34.0 Å². The number of carbonyl (C=O) groups excluding carboxylic acids is 1. The molecule has 1 saturated heterocycles. The highest BCUT2D eigenvalue weighted by Crippen LogP contribution is 2.25. The molecule has 1 fully saturated rings. The van der Waals surface area contributed by atoms with Crippen LogP contribution in [-0.2, 0) is 0 Å².